The van der Waals surface area contributed by atoms with Gasteiger partial charge in [-0.3, -0.25) is 14.8 Å². The number of anilines is 1. The van der Waals surface area contributed by atoms with E-state index in [1.165, 1.54) is 16.6 Å². The lowest BCUT2D eigenvalue weighted by Crippen LogP contribution is -2.50. The van der Waals surface area contributed by atoms with E-state index in [1.54, 1.807) is 11.6 Å². The van der Waals surface area contributed by atoms with Gasteiger partial charge in [-0.1, -0.05) is 18.2 Å². The van der Waals surface area contributed by atoms with Gasteiger partial charge in [-0.25, -0.2) is 18.2 Å². The van der Waals surface area contributed by atoms with Crippen LogP contribution in [0.15, 0.2) is 30.3 Å². The number of hydrogen-bond acceptors (Lipinski definition) is 6. The molecule has 9 nitrogen and oxygen atoms in total. The van der Waals surface area contributed by atoms with Crippen molar-refractivity contribution >= 4 is 33.6 Å². The van der Waals surface area contributed by atoms with E-state index in [9.17, 15) is 18.0 Å². The Kier molecular flexibility index (Phi) is 7.69. The van der Waals surface area contributed by atoms with Gasteiger partial charge in [0.15, 0.2) is 0 Å². The van der Waals surface area contributed by atoms with E-state index in [-0.39, 0.29) is 24.4 Å². The largest absolute Gasteiger partial charge is 0.371 e. The van der Waals surface area contributed by atoms with E-state index in [1.807, 2.05) is 24.3 Å². The van der Waals surface area contributed by atoms with Gasteiger partial charge < -0.3 is 10.2 Å². The quantitative estimate of drug-likeness (QED) is 0.337. The number of hydrogen-bond donors (Lipinski definition) is 3. The molecule has 0 aliphatic carbocycles. The highest BCUT2D eigenvalue weighted by molar-refractivity contribution is 7.88. The Hall–Kier alpha value is -2.43. The second-order valence-corrected chi connectivity index (χ2v) is 10.1. The predicted molar refractivity (Wildman–Crippen MR) is 118 cm³/mol. The van der Waals surface area contributed by atoms with Crippen LogP contribution in [-0.4, -0.2) is 68.2 Å². The molecule has 2 aliphatic heterocycles. The Morgan fingerprint density at radius 1 is 1.13 bits per heavy atom. The molecule has 1 unspecified atom stereocenters. The van der Waals surface area contributed by atoms with Crippen molar-refractivity contribution in [3.8, 4) is 0 Å². The molecule has 0 saturated carbocycles. The van der Waals surface area contributed by atoms with E-state index >= 15 is 0 Å². The van der Waals surface area contributed by atoms with E-state index in [0.717, 1.165) is 37.2 Å². The molecule has 170 valence electrons. The normalized spacial score (nSPS) is 21.2. The number of para-hydroxylation sites is 1. The first kappa shape index (κ1) is 23.2. The zero-order valence-electron chi connectivity index (χ0n) is 17.7. The average molecular weight is 451 g/mol. The van der Waals surface area contributed by atoms with E-state index < -0.39 is 15.9 Å². The van der Waals surface area contributed by atoms with Crippen LogP contribution in [0, 0.1) is 5.92 Å². The Labute approximate surface area is 183 Å². The van der Waals surface area contributed by atoms with Crippen LogP contribution in [0.4, 0.5) is 5.69 Å². The Bertz CT molecular complexity index is 925. The number of sulfonamides is 1. The summed E-state index contributed by atoms with van der Waals surface area (Å²) in [5, 5.41) is 11.8. The lowest BCUT2D eigenvalue weighted by molar-refractivity contribution is -0.127. The van der Waals surface area contributed by atoms with Crippen LogP contribution in [0.3, 0.4) is 0 Å². The highest BCUT2D eigenvalue weighted by Gasteiger charge is 2.31. The molecule has 3 rings (SSSR count). The zero-order valence-corrected chi connectivity index (χ0v) is 18.5. The molecular weight excluding hydrogens is 420 g/mol. The molecule has 2 aliphatic rings. The molecule has 2 heterocycles. The zero-order chi connectivity index (χ0) is 22.4. The van der Waals surface area contributed by atoms with Gasteiger partial charge in [0.2, 0.25) is 15.9 Å². The van der Waals surface area contributed by atoms with Gasteiger partial charge in [0.1, 0.15) is 0 Å². The summed E-state index contributed by atoms with van der Waals surface area (Å²) in [7, 11) is -3.28. The molecule has 0 radical (unpaired) electrons. The summed E-state index contributed by atoms with van der Waals surface area (Å²) in [5.41, 5.74) is 3.44. The molecule has 10 heteroatoms. The van der Waals surface area contributed by atoms with Gasteiger partial charge in [-0.15, -0.1) is 0 Å². The summed E-state index contributed by atoms with van der Waals surface area (Å²) in [6, 6.07) is 7.76. The van der Waals surface area contributed by atoms with Crippen LogP contribution >= 0.6 is 0 Å². The number of piperidine rings is 2. The highest BCUT2D eigenvalue weighted by Crippen LogP contribution is 2.26. The third-order valence-electron chi connectivity index (χ3n) is 5.87. The fourth-order valence-electron chi connectivity index (χ4n) is 4.16. The molecular formula is C21H30N4O5S. The predicted octanol–water partition coefficient (Wildman–Crippen LogP) is 0.962. The molecule has 1 aromatic rings. The van der Waals surface area contributed by atoms with Crippen molar-refractivity contribution in [2.24, 2.45) is 5.92 Å². The summed E-state index contributed by atoms with van der Waals surface area (Å²) in [5.74, 6) is -0.955. The summed E-state index contributed by atoms with van der Waals surface area (Å²) in [6.45, 7) is 2.24. The van der Waals surface area contributed by atoms with Gasteiger partial charge >= 0.3 is 0 Å². The van der Waals surface area contributed by atoms with Crippen LogP contribution in [0.25, 0.3) is 6.08 Å². The Balaban J connectivity index is 1.55. The van der Waals surface area contributed by atoms with E-state index in [2.05, 4.69) is 10.2 Å². The Morgan fingerprint density at radius 2 is 1.84 bits per heavy atom. The molecule has 0 aromatic heterocycles. The monoisotopic (exact) mass is 450 g/mol. The van der Waals surface area contributed by atoms with Crippen molar-refractivity contribution in [3.63, 3.8) is 0 Å². The topological polar surface area (TPSA) is 119 Å². The highest BCUT2D eigenvalue weighted by atomic mass is 32.2. The SMILES string of the molecule is CS(=O)(=O)N1CCCC(C(=O)NC2CCN(c3ccccc3/C=C/C(=O)NO)CC2)C1. The molecule has 1 atom stereocenters. The maximum Gasteiger partial charge on any atom is 0.267 e. The second-order valence-electron chi connectivity index (χ2n) is 8.10. The number of hydroxylamine groups is 1. The standard InChI is InChI=1S/C21H30N4O5S/c1-31(29,30)25-12-4-6-17(15-25)21(27)22-18-10-13-24(14-11-18)19-7-3-2-5-16(19)8-9-20(26)23-28/h2-3,5,7-9,17-18,28H,4,6,10-15H2,1H3,(H,22,27)(H,23,26)/b9-8+. The van der Waals surface area contributed by atoms with Crippen molar-refractivity contribution in [1.82, 2.24) is 15.1 Å². The van der Waals surface area contributed by atoms with Crippen molar-refractivity contribution in [2.75, 3.05) is 37.3 Å². The molecule has 0 spiro atoms. The maximum absolute atomic E-state index is 12.7. The first-order valence-electron chi connectivity index (χ1n) is 10.5. The molecule has 0 bridgehead atoms. The van der Waals surface area contributed by atoms with Gasteiger partial charge in [0.05, 0.1) is 12.2 Å². The van der Waals surface area contributed by atoms with Crippen LogP contribution < -0.4 is 15.7 Å². The fraction of sp³-hybridized carbons (Fsp3) is 0.524. The molecule has 31 heavy (non-hydrogen) atoms. The number of carbonyl (C=O) groups excluding carboxylic acids is 2. The minimum Gasteiger partial charge on any atom is -0.371 e. The Morgan fingerprint density at radius 3 is 2.52 bits per heavy atom. The van der Waals surface area contributed by atoms with Crippen LogP contribution in [0.2, 0.25) is 0 Å². The number of nitrogens with zero attached hydrogens (tertiary/aromatic N) is 2. The van der Waals surface area contributed by atoms with Crippen molar-refractivity contribution in [3.05, 3.63) is 35.9 Å². The second kappa shape index (κ2) is 10.3. The first-order chi connectivity index (χ1) is 14.8. The van der Waals surface area contributed by atoms with E-state index in [0.29, 0.717) is 19.4 Å². The number of amides is 2. The van der Waals surface area contributed by atoms with Crippen molar-refractivity contribution in [2.45, 2.75) is 31.7 Å². The van der Waals surface area contributed by atoms with Gasteiger partial charge in [0, 0.05) is 44.0 Å². The summed E-state index contributed by atoms with van der Waals surface area (Å²) in [6.07, 6.45) is 7.08. The summed E-state index contributed by atoms with van der Waals surface area (Å²) >= 11 is 0. The van der Waals surface area contributed by atoms with Crippen LogP contribution in [0.1, 0.15) is 31.2 Å². The number of nitrogens with one attached hydrogen (secondary N) is 2. The molecule has 2 amide bonds. The fourth-order valence-corrected chi connectivity index (χ4v) is 5.07. The molecule has 2 saturated heterocycles. The van der Waals surface area contributed by atoms with Gasteiger partial charge in [-0.05, 0) is 43.4 Å². The number of rotatable bonds is 6. The van der Waals surface area contributed by atoms with Gasteiger partial charge in [-0.2, -0.15) is 0 Å². The molecule has 2 fully saturated rings. The lowest BCUT2D eigenvalue weighted by atomic mass is 9.97. The number of benzene rings is 1. The summed E-state index contributed by atoms with van der Waals surface area (Å²) < 4.78 is 25.0. The van der Waals surface area contributed by atoms with E-state index in [4.69, 9.17) is 5.21 Å². The molecule has 3 N–H and O–H groups in total. The maximum atomic E-state index is 12.7. The minimum atomic E-state index is -3.28. The minimum absolute atomic E-state index is 0.0558. The van der Waals surface area contributed by atoms with Crippen molar-refractivity contribution < 1.29 is 23.2 Å². The first-order valence-corrected chi connectivity index (χ1v) is 12.3. The smallest absolute Gasteiger partial charge is 0.267 e. The van der Waals surface area contributed by atoms with Crippen molar-refractivity contribution in [1.29, 1.82) is 0 Å². The summed E-state index contributed by atoms with van der Waals surface area (Å²) in [4.78, 5) is 26.2. The van der Waals surface area contributed by atoms with Crippen LogP contribution in [0.5, 0.6) is 0 Å². The van der Waals surface area contributed by atoms with Gasteiger partial charge in [0.25, 0.3) is 5.91 Å². The van der Waals surface area contributed by atoms with Crippen LogP contribution in [-0.2, 0) is 19.6 Å². The number of carbonyl (C=O) groups is 2. The third kappa shape index (κ3) is 6.28. The average Bonchev–Trinajstić information content (AvgIpc) is 2.77. The molecule has 1 aromatic carbocycles. The third-order valence-corrected chi connectivity index (χ3v) is 7.14. The lowest BCUT2D eigenvalue weighted by Gasteiger charge is -2.36.